The van der Waals surface area contributed by atoms with Crippen LogP contribution in [0.1, 0.15) is 32.8 Å². The summed E-state index contributed by atoms with van der Waals surface area (Å²) >= 11 is 0. The Hall–Kier alpha value is -2.28. The zero-order chi connectivity index (χ0) is 17.8. The molecule has 128 valence electrons. The van der Waals surface area contributed by atoms with Gasteiger partial charge in [-0.25, -0.2) is 0 Å². The fraction of sp³-hybridized carbons (Fsp3) is 0.500. The highest BCUT2D eigenvalue weighted by molar-refractivity contribution is 5.79. The van der Waals surface area contributed by atoms with Crippen molar-refractivity contribution in [3.8, 4) is 11.5 Å². The molecule has 0 unspecified atom stereocenters. The van der Waals surface area contributed by atoms with E-state index in [0.29, 0.717) is 5.56 Å². The van der Waals surface area contributed by atoms with E-state index < -0.39 is 29.5 Å². The molecule has 0 aromatic heterocycles. The van der Waals surface area contributed by atoms with Crippen molar-refractivity contribution < 1.29 is 29.6 Å². The highest BCUT2D eigenvalue weighted by Crippen LogP contribution is 2.30. The van der Waals surface area contributed by atoms with Gasteiger partial charge in [0.25, 0.3) is 0 Å². The number of esters is 1. The topological polar surface area (TPSA) is 130 Å². The fourth-order valence-corrected chi connectivity index (χ4v) is 2.26. The van der Waals surface area contributed by atoms with Crippen molar-refractivity contribution in [2.24, 2.45) is 11.7 Å². The summed E-state index contributed by atoms with van der Waals surface area (Å²) < 4.78 is 5.17. The highest BCUT2D eigenvalue weighted by atomic mass is 16.5. The Morgan fingerprint density at radius 3 is 2.35 bits per heavy atom. The van der Waals surface area contributed by atoms with Crippen LogP contribution in [0.25, 0.3) is 0 Å². The number of carbonyl (C=O) groups excluding carboxylic acids is 1. The number of benzene rings is 1. The third kappa shape index (κ3) is 4.35. The molecule has 0 aliphatic rings. The van der Waals surface area contributed by atoms with E-state index in [2.05, 4.69) is 0 Å². The van der Waals surface area contributed by atoms with Gasteiger partial charge in [0.15, 0.2) is 11.5 Å². The van der Waals surface area contributed by atoms with E-state index in [1.165, 1.54) is 18.2 Å². The lowest BCUT2D eigenvalue weighted by Crippen LogP contribution is -2.58. The standard InChI is InChI=1S/C16H23NO6/c1-4-14(20)23-10(3)9(2)16(17,15(21)22)8-11-5-6-12(18)13(19)7-11/h5-7,9-10,18-19H,4,8,17H2,1-3H3,(H,21,22)/t9-,10-,16-/m1/s1. The van der Waals surface area contributed by atoms with Crippen molar-refractivity contribution in [2.45, 2.75) is 45.3 Å². The number of carboxylic acid groups (broad SMARTS) is 1. The Morgan fingerprint density at radius 1 is 1.26 bits per heavy atom. The predicted octanol–water partition coefficient (Wildman–Crippen LogP) is 1.40. The second-order valence-corrected chi connectivity index (χ2v) is 5.68. The SMILES string of the molecule is CCC(=O)O[C@H](C)[C@@H](C)[C@](N)(Cc1ccc(O)c(O)c1)C(=O)O. The van der Waals surface area contributed by atoms with E-state index in [4.69, 9.17) is 10.5 Å². The lowest BCUT2D eigenvalue weighted by Gasteiger charge is -2.34. The lowest BCUT2D eigenvalue weighted by atomic mass is 9.78. The first-order chi connectivity index (χ1) is 10.6. The van der Waals surface area contributed by atoms with Crippen molar-refractivity contribution in [1.82, 2.24) is 0 Å². The van der Waals surface area contributed by atoms with Crippen molar-refractivity contribution in [3.63, 3.8) is 0 Å². The first-order valence-corrected chi connectivity index (χ1v) is 7.34. The average molecular weight is 325 g/mol. The van der Waals surface area contributed by atoms with Crippen molar-refractivity contribution in [2.75, 3.05) is 0 Å². The molecular weight excluding hydrogens is 302 g/mol. The molecule has 23 heavy (non-hydrogen) atoms. The Balaban J connectivity index is 3.03. The van der Waals surface area contributed by atoms with E-state index in [-0.39, 0.29) is 24.3 Å². The smallest absolute Gasteiger partial charge is 0.324 e. The molecule has 0 heterocycles. The van der Waals surface area contributed by atoms with Gasteiger partial charge in [-0.05, 0) is 24.6 Å². The summed E-state index contributed by atoms with van der Waals surface area (Å²) in [5.41, 5.74) is 4.84. The lowest BCUT2D eigenvalue weighted by molar-refractivity contribution is -0.157. The van der Waals surface area contributed by atoms with Crippen LogP contribution in [0.4, 0.5) is 0 Å². The summed E-state index contributed by atoms with van der Waals surface area (Å²) in [6, 6.07) is 4.00. The predicted molar refractivity (Wildman–Crippen MR) is 83.0 cm³/mol. The number of rotatable bonds is 7. The summed E-state index contributed by atoms with van der Waals surface area (Å²) in [7, 11) is 0. The Labute approximate surface area is 134 Å². The molecule has 0 spiro atoms. The molecule has 0 fully saturated rings. The highest BCUT2D eigenvalue weighted by Gasteiger charge is 2.43. The molecule has 7 nitrogen and oxygen atoms in total. The van der Waals surface area contributed by atoms with Crippen LogP contribution in [0.3, 0.4) is 0 Å². The Morgan fingerprint density at radius 2 is 1.87 bits per heavy atom. The summed E-state index contributed by atoms with van der Waals surface area (Å²) in [5.74, 6) is -3.00. The van der Waals surface area contributed by atoms with Crippen LogP contribution in [-0.4, -0.2) is 38.9 Å². The van der Waals surface area contributed by atoms with Crippen molar-refractivity contribution in [1.29, 1.82) is 0 Å². The number of carboxylic acids is 1. The number of phenolic OH excluding ortho intramolecular Hbond substituents is 2. The van der Waals surface area contributed by atoms with Gasteiger partial charge in [-0.15, -0.1) is 0 Å². The molecular formula is C16H23NO6. The molecule has 0 amide bonds. The summed E-state index contributed by atoms with van der Waals surface area (Å²) in [5, 5.41) is 28.4. The number of nitrogens with two attached hydrogens (primary N) is 1. The third-order valence-corrected chi connectivity index (χ3v) is 4.06. The zero-order valence-corrected chi connectivity index (χ0v) is 13.4. The monoisotopic (exact) mass is 325 g/mol. The zero-order valence-electron chi connectivity index (χ0n) is 13.4. The van der Waals surface area contributed by atoms with Crippen LogP contribution in [0.5, 0.6) is 11.5 Å². The number of aliphatic carboxylic acids is 1. The molecule has 0 aliphatic heterocycles. The second-order valence-electron chi connectivity index (χ2n) is 5.68. The molecule has 7 heteroatoms. The third-order valence-electron chi connectivity index (χ3n) is 4.06. The summed E-state index contributed by atoms with van der Waals surface area (Å²) in [4.78, 5) is 23.1. The van der Waals surface area contributed by atoms with Crippen LogP contribution in [0.2, 0.25) is 0 Å². The van der Waals surface area contributed by atoms with Gasteiger partial charge in [0.2, 0.25) is 0 Å². The van der Waals surface area contributed by atoms with Gasteiger partial charge in [0.1, 0.15) is 11.6 Å². The average Bonchev–Trinajstić information content (AvgIpc) is 2.49. The molecule has 0 bridgehead atoms. The normalized spacial score (nSPS) is 16.2. The molecule has 3 atom stereocenters. The van der Waals surface area contributed by atoms with E-state index in [9.17, 15) is 24.9 Å². The summed E-state index contributed by atoms with van der Waals surface area (Å²) in [6.07, 6.45) is -0.590. The van der Waals surface area contributed by atoms with Gasteiger partial charge in [0, 0.05) is 18.8 Å². The van der Waals surface area contributed by atoms with Crippen LogP contribution in [-0.2, 0) is 20.7 Å². The number of ether oxygens (including phenoxy) is 1. The maximum absolute atomic E-state index is 11.7. The van der Waals surface area contributed by atoms with Crippen LogP contribution >= 0.6 is 0 Å². The van der Waals surface area contributed by atoms with Gasteiger partial charge in [-0.1, -0.05) is 19.9 Å². The quantitative estimate of drug-likeness (QED) is 0.440. The van der Waals surface area contributed by atoms with Crippen LogP contribution < -0.4 is 5.73 Å². The Bertz CT molecular complexity index is 588. The minimum Gasteiger partial charge on any atom is -0.504 e. The maximum Gasteiger partial charge on any atom is 0.324 e. The largest absolute Gasteiger partial charge is 0.504 e. The molecule has 0 saturated carbocycles. The molecule has 1 aromatic carbocycles. The maximum atomic E-state index is 11.7. The minimum absolute atomic E-state index is 0.0919. The van der Waals surface area contributed by atoms with E-state index >= 15 is 0 Å². The number of hydrogen-bond donors (Lipinski definition) is 4. The molecule has 1 aromatic rings. The van der Waals surface area contributed by atoms with Crippen LogP contribution in [0, 0.1) is 5.92 Å². The molecule has 1 rings (SSSR count). The Kier molecular flexibility index (Phi) is 5.98. The number of aromatic hydroxyl groups is 2. The fourth-order valence-electron chi connectivity index (χ4n) is 2.26. The van der Waals surface area contributed by atoms with Gasteiger partial charge in [0.05, 0.1) is 0 Å². The van der Waals surface area contributed by atoms with Crippen molar-refractivity contribution >= 4 is 11.9 Å². The number of carbonyl (C=O) groups is 2. The van der Waals surface area contributed by atoms with Gasteiger partial charge >= 0.3 is 11.9 Å². The summed E-state index contributed by atoms with van der Waals surface area (Å²) in [6.45, 7) is 4.84. The molecule has 0 aliphatic carbocycles. The van der Waals surface area contributed by atoms with E-state index in [1.54, 1.807) is 20.8 Å². The number of hydrogen-bond acceptors (Lipinski definition) is 6. The van der Waals surface area contributed by atoms with Gasteiger partial charge in [-0.2, -0.15) is 0 Å². The van der Waals surface area contributed by atoms with Crippen LogP contribution in [0.15, 0.2) is 18.2 Å². The molecule has 0 radical (unpaired) electrons. The molecule has 0 saturated heterocycles. The van der Waals surface area contributed by atoms with E-state index in [0.717, 1.165) is 0 Å². The second kappa shape index (κ2) is 7.32. The van der Waals surface area contributed by atoms with Crippen molar-refractivity contribution in [3.05, 3.63) is 23.8 Å². The first kappa shape index (κ1) is 18.8. The van der Waals surface area contributed by atoms with Gasteiger partial charge in [-0.3, -0.25) is 9.59 Å². The minimum atomic E-state index is -1.70. The first-order valence-electron chi connectivity index (χ1n) is 7.34. The van der Waals surface area contributed by atoms with Gasteiger partial charge < -0.3 is 25.8 Å². The number of phenols is 2. The van der Waals surface area contributed by atoms with E-state index in [1.807, 2.05) is 0 Å². The molecule has 5 N–H and O–H groups in total.